The standard InChI is InChI=1S/C22H23N3O3/c1-16-21(17(2)25(23-16)14-18-10-6-4-7-11-18)22(27)28-15-20(26)24(3)19-12-8-5-9-13-19/h4-13H,14-15H2,1-3H3. The first-order valence-electron chi connectivity index (χ1n) is 9.04. The predicted molar refractivity (Wildman–Crippen MR) is 107 cm³/mol. The molecule has 0 radical (unpaired) electrons. The molecule has 0 aliphatic rings. The van der Waals surface area contributed by atoms with Crippen molar-refractivity contribution in [3.63, 3.8) is 0 Å². The van der Waals surface area contributed by atoms with E-state index in [1.54, 1.807) is 18.7 Å². The molecule has 0 spiro atoms. The first-order valence-corrected chi connectivity index (χ1v) is 9.04. The van der Waals surface area contributed by atoms with Crippen LogP contribution in [0.4, 0.5) is 5.69 Å². The number of hydrogen-bond donors (Lipinski definition) is 0. The van der Waals surface area contributed by atoms with E-state index >= 15 is 0 Å². The number of benzene rings is 2. The molecule has 0 atom stereocenters. The topological polar surface area (TPSA) is 64.4 Å². The van der Waals surface area contributed by atoms with Crippen molar-refractivity contribution in [3.05, 3.63) is 83.2 Å². The van der Waals surface area contributed by atoms with Crippen LogP contribution in [0.2, 0.25) is 0 Å². The number of carbonyl (C=O) groups excluding carboxylic acids is 2. The number of esters is 1. The van der Waals surface area contributed by atoms with Gasteiger partial charge in [0.1, 0.15) is 5.56 Å². The summed E-state index contributed by atoms with van der Waals surface area (Å²) in [6.07, 6.45) is 0. The lowest BCUT2D eigenvalue weighted by molar-refractivity contribution is -0.121. The minimum atomic E-state index is -0.538. The van der Waals surface area contributed by atoms with Crippen LogP contribution in [-0.2, 0) is 16.1 Å². The van der Waals surface area contributed by atoms with Crippen LogP contribution in [0.15, 0.2) is 60.7 Å². The van der Waals surface area contributed by atoms with E-state index in [-0.39, 0.29) is 12.5 Å². The van der Waals surface area contributed by atoms with Crippen LogP contribution >= 0.6 is 0 Å². The molecule has 0 aliphatic heterocycles. The Morgan fingerprint density at radius 2 is 1.61 bits per heavy atom. The second-order valence-electron chi connectivity index (χ2n) is 6.55. The van der Waals surface area contributed by atoms with Gasteiger partial charge in [0.15, 0.2) is 6.61 Å². The van der Waals surface area contributed by atoms with Crippen molar-refractivity contribution in [3.8, 4) is 0 Å². The van der Waals surface area contributed by atoms with Gasteiger partial charge in [-0.2, -0.15) is 5.10 Å². The van der Waals surface area contributed by atoms with Gasteiger partial charge < -0.3 is 9.64 Å². The zero-order valence-corrected chi connectivity index (χ0v) is 16.3. The first-order chi connectivity index (χ1) is 13.5. The van der Waals surface area contributed by atoms with Crippen LogP contribution in [-0.4, -0.2) is 35.3 Å². The second-order valence-corrected chi connectivity index (χ2v) is 6.55. The number of carbonyl (C=O) groups is 2. The van der Waals surface area contributed by atoms with Gasteiger partial charge in [-0.1, -0.05) is 48.5 Å². The van der Waals surface area contributed by atoms with E-state index in [4.69, 9.17) is 4.74 Å². The van der Waals surface area contributed by atoms with Gasteiger partial charge >= 0.3 is 5.97 Å². The number of aryl methyl sites for hydroxylation is 1. The Morgan fingerprint density at radius 3 is 2.25 bits per heavy atom. The molecule has 0 N–H and O–H groups in total. The molecular formula is C22H23N3O3. The fraction of sp³-hybridized carbons (Fsp3) is 0.227. The first kappa shape index (κ1) is 19.4. The molecule has 1 heterocycles. The van der Waals surface area contributed by atoms with Crippen LogP contribution < -0.4 is 4.90 Å². The summed E-state index contributed by atoms with van der Waals surface area (Å²) >= 11 is 0. The second kappa shape index (κ2) is 8.52. The maximum atomic E-state index is 12.6. The molecule has 0 unspecified atom stereocenters. The number of para-hydroxylation sites is 1. The van der Waals surface area contributed by atoms with Crippen molar-refractivity contribution in [1.29, 1.82) is 0 Å². The number of likely N-dealkylation sites (N-methyl/N-ethyl adjacent to an activating group) is 1. The Bertz CT molecular complexity index is 965. The van der Waals surface area contributed by atoms with E-state index in [0.29, 0.717) is 17.8 Å². The molecule has 0 bridgehead atoms. The minimum Gasteiger partial charge on any atom is -0.452 e. The third-order valence-electron chi connectivity index (χ3n) is 4.61. The molecule has 0 aliphatic carbocycles. The largest absolute Gasteiger partial charge is 0.452 e. The number of hydrogen-bond acceptors (Lipinski definition) is 4. The molecule has 0 fully saturated rings. The smallest absolute Gasteiger partial charge is 0.342 e. The summed E-state index contributed by atoms with van der Waals surface area (Å²) in [5.41, 5.74) is 3.54. The van der Waals surface area contributed by atoms with Crippen LogP contribution in [0.3, 0.4) is 0 Å². The van der Waals surface area contributed by atoms with Gasteiger partial charge in [0.25, 0.3) is 5.91 Å². The lowest BCUT2D eigenvalue weighted by Gasteiger charge is -2.17. The van der Waals surface area contributed by atoms with Gasteiger partial charge in [-0.3, -0.25) is 9.48 Å². The van der Waals surface area contributed by atoms with Crippen LogP contribution in [0.5, 0.6) is 0 Å². The molecule has 3 rings (SSSR count). The highest BCUT2D eigenvalue weighted by Crippen LogP contribution is 2.17. The Labute approximate surface area is 164 Å². The fourth-order valence-corrected chi connectivity index (χ4v) is 2.99. The molecule has 0 saturated heterocycles. The average molecular weight is 377 g/mol. The number of amides is 1. The van der Waals surface area contributed by atoms with Crippen molar-refractivity contribution in [1.82, 2.24) is 9.78 Å². The minimum absolute atomic E-state index is 0.300. The molecule has 0 saturated carbocycles. The highest BCUT2D eigenvalue weighted by Gasteiger charge is 2.22. The highest BCUT2D eigenvalue weighted by molar-refractivity contribution is 5.97. The van der Waals surface area contributed by atoms with E-state index in [1.165, 1.54) is 4.90 Å². The Morgan fingerprint density at radius 1 is 1.00 bits per heavy atom. The van der Waals surface area contributed by atoms with Crippen LogP contribution in [0.25, 0.3) is 0 Å². The Kier molecular flexibility index (Phi) is 5.89. The van der Waals surface area contributed by atoms with Crippen molar-refractivity contribution < 1.29 is 14.3 Å². The summed E-state index contributed by atoms with van der Waals surface area (Å²) in [5.74, 6) is -0.837. The van der Waals surface area contributed by atoms with Crippen LogP contribution in [0, 0.1) is 13.8 Å². The summed E-state index contributed by atoms with van der Waals surface area (Å²) in [4.78, 5) is 26.4. The molecule has 3 aromatic rings. The summed E-state index contributed by atoms with van der Waals surface area (Å²) < 4.78 is 7.05. The number of aromatic nitrogens is 2. The average Bonchev–Trinajstić information content (AvgIpc) is 2.99. The summed E-state index contributed by atoms with van der Waals surface area (Å²) in [6.45, 7) is 3.84. The van der Waals surface area contributed by atoms with Gasteiger partial charge in [-0.05, 0) is 31.5 Å². The third-order valence-corrected chi connectivity index (χ3v) is 4.61. The summed E-state index contributed by atoms with van der Waals surface area (Å²) in [6, 6.07) is 19.1. The summed E-state index contributed by atoms with van der Waals surface area (Å²) in [7, 11) is 1.65. The van der Waals surface area contributed by atoms with Crippen molar-refractivity contribution in [2.24, 2.45) is 0 Å². The van der Waals surface area contributed by atoms with Gasteiger partial charge in [0.2, 0.25) is 0 Å². The predicted octanol–water partition coefficient (Wildman–Crippen LogP) is 3.37. The number of nitrogens with zero attached hydrogens (tertiary/aromatic N) is 3. The van der Waals surface area contributed by atoms with Gasteiger partial charge in [-0.25, -0.2) is 4.79 Å². The van der Waals surface area contributed by atoms with E-state index in [9.17, 15) is 9.59 Å². The van der Waals surface area contributed by atoms with E-state index in [1.807, 2.05) is 67.6 Å². The Hall–Kier alpha value is -3.41. The molecule has 6 nitrogen and oxygen atoms in total. The summed E-state index contributed by atoms with van der Waals surface area (Å²) in [5, 5.41) is 4.46. The van der Waals surface area contributed by atoms with Crippen LogP contribution in [0.1, 0.15) is 27.3 Å². The highest BCUT2D eigenvalue weighted by atomic mass is 16.5. The van der Waals surface area contributed by atoms with Crippen molar-refractivity contribution in [2.45, 2.75) is 20.4 Å². The number of ether oxygens (including phenoxy) is 1. The van der Waals surface area contributed by atoms with E-state index < -0.39 is 5.97 Å². The molecule has 1 aromatic heterocycles. The zero-order valence-electron chi connectivity index (χ0n) is 16.3. The Balaban J connectivity index is 1.67. The molecule has 1 amide bonds. The molecular weight excluding hydrogens is 354 g/mol. The van der Waals surface area contributed by atoms with Gasteiger partial charge in [-0.15, -0.1) is 0 Å². The number of anilines is 1. The van der Waals surface area contributed by atoms with E-state index in [2.05, 4.69) is 5.10 Å². The maximum absolute atomic E-state index is 12.6. The lowest BCUT2D eigenvalue weighted by atomic mass is 10.2. The molecule has 6 heteroatoms. The zero-order chi connectivity index (χ0) is 20.1. The van der Waals surface area contributed by atoms with Crippen molar-refractivity contribution in [2.75, 3.05) is 18.6 Å². The van der Waals surface area contributed by atoms with E-state index in [0.717, 1.165) is 16.9 Å². The van der Waals surface area contributed by atoms with Crippen molar-refractivity contribution >= 4 is 17.6 Å². The third kappa shape index (κ3) is 4.28. The SMILES string of the molecule is Cc1nn(Cc2ccccc2)c(C)c1C(=O)OCC(=O)N(C)c1ccccc1. The normalized spacial score (nSPS) is 10.5. The lowest BCUT2D eigenvalue weighted by Crippen LogP contribution is -2.31. The molecule has 28 heavy (non-hydrogen) atoms. The molecule has 2 aromatic carbocycles. The monoisotopic (exact) mass is 377 g/mol. The quantitative estimate of drug-likeness (QED) is 0.618. The number of rotatable bonds is 6. The van der Waals surface area contributed by atoms with Gasteiger partial charge in [0.05, 0.1) is 17.9 Å². The van der Waals surface area contributed by atoms with Gasteiger partial charge in [0, 0.05) is 12.7 Å². The maximum Gasteiger partial charge on any atom is 0.342 e. The molecule has 144 valence electrons. The fourth-order valence-electron chi connectivity index (χ4n) is 2.99.